The van der Waals surface area contributed by atoms with Crippen LogP contribution in [0.5, 0.6) is 0 Å². The Labute approximate surface area is 225 Å². The molecule has 5 rings (SSSR count). The fraction of sp³-hybridized carbons (Fsp3) is 0.267. The molecule has 0 radical (unpaired) electrons. The third-order valence-electron chi connectivity index (χ3n) is 6.96. The van der Waals surface area contributed by atoms with E-state index in [0.29, 0.717) is 43.0 Å². The Bertz CT molecular complexity index is 1590. The number of benzene rings is 2. The van der Waals surface area contributed by atoms with E-state index in [-0.39, 0.29) is 11.4 Å². The zero-order valence-electron chi connectivity index (χ0n) is 21.6. The van der Waals surface area contributed by atoms with Gasteiger partial charge in [-0.3, -0.25) is 19.1 Å². The number of carbonyl (C=O) groups excluding carboxylic acids is 1. The molecular weight excluding hydrogens is 497 g/mol. The number of amides is 1. The molecule has 0 aliphatic carbocycles. The van der Waals surface area contributed by atoms with Crippen molar-refractivity contribution in [2.45, 2.75) is 19.5 Å². The molecule has 1 unspecified atom stereocenters. The summed E-state index contributed by atoms with van der Waals surface area (Å²) >= 11 is 0. The average molecular weight is 526 g/mol. The number of nitrogens with zero attached hydrogens (tertiary/aromatic N) is 4. The van der Waals surface area contributed by atoms with Crippen LogP contribution in [0.25, 0.3) is 27.0 Å². The average Bonchev–Trinajstić information content (AvgIpc) is 2.97. The highest BCUT2D eigenvalue weighted by Gasteiger charge is 2.20. The van der Waals surface area contributed by atoms with Crippen molar-refractivity contribution in [1.29, 1.82) is 0 Å². The molecule has 9 heteroatoms. The topological polar surface area (TPSA) is 80.8 Å². The third-order valence-corrected chi connectivity index (χ3v) is 6.96. The Kier molecular flexibility index (Phi) is 7.77. The maximum atomic E-state index is 13.6. The van der Waals surface area contributed by atoms with E-state index in [4.69, 9.17) is 11.3 Å². The van der Waals surface area contributed by atoms with E-state index >= 15 is 0 Å². The fourth-order valence-electron chi connectivity index (χ4n) is 4.70. The van der Waals surface area contributed by atoms with Crippen LogP contribution in [0.1, 0.15) is 28.9 Å². The van der Waals surface area contributed by atoms with Crippen molar-refractivity contribution in [3.8, 4) is 11.1 Å². The van der Waals surface area contributed by atoms with Crippen LogP contribution in [0.2, 0.25) is 0 Å². The van der Waals surface area contributed by atoms with Gasteiger partial charge in [0, 0.05) is 43.3 Å². The normalized spacial score (nSPS) is 14.6. The zero-order chi connectivity index (χ0) is 27.4. The second-order valence-electron chi connectivity index (χ2n) is 9.51. The van der Waals surface area contributed by atoms with Crippen molar-refractivity contribution in [3.63, 3.8) is 0 Å². The molecule has 1 amide bonds. The van der Waals surface area contributed by atoms with Gasteiger partial charge in [-0.2, -0.15) is 0 Å². The lowest BCUT2D eigenvalue weighted by atomic mass is 10.0. The molecule has 1 atom stereocenters. The van der Waals surface area contributed by atoms with E-state index in [1.54, 1.807) is 48.0 Å². The van der Waals surface area contributed by atoms with Crippen LogP contribution in [0, 0.1) is 12.4 Å². The molecule has 1 aliphatic heterocycles. The molecule has 8 nitrogen and oxygen atoms in total. The lowest BCUT2D eigenvalue weighted by molar-refractivity contribution is 0.0364. The highest BCUT2D eigenvalue weighted by Crippen LogP contribution is 2.25. The largest absolute Gasteiger partial charge is 0.379 e. The molecular formula is C30H28FN5O3. The van der Waals surface area contributed by atoms with Crippen LogP contribution in [-0.4, -0.2) is 53.2 Å². The second-order valence-corrected chi connectivity index (χ2v) is 9.51. The molecule has 3 heterocycles. The van der Waals surface area contributed by atoms with Crippen LogP contribution >= 0.6 is 0 Å². The molecule has 39 heavy (non-hydrogen) atoms. The Balaban J connectivity index is 1.52. The summed E-state index contributed by atoms with van der Waals surface area (Å²) in [6.07, 6.45) is 1.70. The van der Waals surface area contributed by atoms with Gasteiger partial charge in [0.15, 0.2) is 5.69 Å². The lowest BCUT2D eigenvalue weighted by Gasteiger charge is -2.27. The number of hydrogen-bond donors (Lipinski definition) is 1. The standard InChI is InChI=1S/C30H28FN5O3/c1-20(21-3-7-25(31)8-4-21)34-29(37)27-18-23-17-24(22-5-9-26(32-2)10-6-22)19-33-28(23)36(30(27)38)12-11-35-13-15-39-16-14-35/h3-10,17-20H,11-16H2,1H3,(H,34,37). The van der Waals surface area contributed by atoms with E-state index < -0.39 is 17.5 Å². The first-order valence-electron chi connectivity index (χ1n) is 12.8. The van der Waals surface area contributed by atoms with Crippen LogP contribution < -0.4 is 10.9 Å². The van der Waals surface area contributed by atoms with Gasteiger partial charge in [-0.25, -0.2) is 14.2 Å². The fourth-order valence-corrected chi connectivity index (χ4v) is 4.70. The number of aromatic nitrogens is 2. The number of fused-ring (bicyclic) bond motifs is 1. The van der Waals surface area contributed by atoms with Gasteiger partial charge in [0.05, 0.1) is 25.8 Å². The van der Waals surface area contributed by atoms with Crippen LogP contribution in [0.3, 0.4) is 0 Å². The van der Waals surface area contributed by atoms with Crippen LogP contribution in [-0.2, 0) is 11.3 Å². The maximum absolute atomic E-state index is 13.6. The van der Waals surface area contributed by atoms with E-state index in [9.17, 15) is 14.0 Å². The number of ether oxygens (including phenoxy) is 1. The Morgan fingerprint density at radius 3 is 2.49 bits per heavy atom. The Morgan fingerprint density at radius 1 is 1.08 bits per heavy atom. The first-order chi connectivity index (χ1) is 18.9. The number of halogens is 1. The van der Waals surface area contributed by atoms with E-state index in [2.05, 4.69) is 20.0 Å². The van der Waals surface area contributed by atoms with Gasteiger partial charge < -0.3 is 10.1 Å². The SMILES string of the molecule is [C-]#[N+]c1ccc(-c2cnc3c(c2)cc(C(=O)NC(C)c2ccc(F)cc2)c(=O)n3CCN2CCOCC2)cc1. The van der Waals surface area contributed by atoms with Crippen molar-refractivity contribution in [3.05, 3.63) is 106 Å². The van der Waals surface area contributed by atoms with Gasteiger partial charge >= 0.3 is 0 Å². The highest BCUT2D eigenvalue weighted by molar-refractivity contribution is 5.97. The number of morpholine rings is 1. The van der Waals surface area contributed by atoms with Crippen LogP contribution in [0.15, 0.2) is 71.7 Å². The summed E-state index contributed by atoms with van der Waals surface area (Å²) in [5, 5.41) is 3.53. The molecule has 1 saturated heterocycles. The van der Waals surface area contributed by atoms with Gasteiger partial charge in [0.25, 0.3) is 11.5 Å². The van der Waals surface area contributed by atoms with Gasteiger partial charge in [0.2, 0.25) is 0 Å². The molecule has 0 saturated carbocycles. The second kappa shape index (κ2) is 11.6. The van der Waals surface area contributed by atoms with Crippen molar-refractivity contribution < 1.29 is 13.9 Å². The van der Waals surface area contributed by atoms with Crippen LogP contribution in [0.4, 0.5) is 10.1 Å². The van der Waals surface area contributed by atoms with Crippen molar-refractivity contribution in [2.75, 3.05) is 32.8 Å². The van der Waals surface area contributed by atoms with E-state index in [1.807, 2.05) is 18.2 Å². The predicted molar refractivity (Wildman–Crippen MR) is 147 cm³/mol. The quantitative estimate of drug-likeness (QED) is 0.358. The first kappa shape index (κ1) is 26.2. The molecule has 0 spiro atoms. The monoisotopic (exact) mass is 525 g/mol. The van der Waals surface area contributed by atoms with Gasteiger partial charge in [0.1, 0.15) is 17.0 Å². The predicted octanol–water partition coefficient (Wildman–Crippen LogP) is 4.58. The minimum absolute atomic E-state index is 0.0146. The molecule has 0 bridgehead atoms. The molecule has 1 N–H and O–H groups in total. The summed E-state index contributed by atoms with van der Waals surface area (Å²) in [6.45, 7) is 12.8. The summed E-state index contributed by atoms with van der Waals surface area (Å²) in [7, 11) is 0. The minimum Gasteiger partial charge on any atom is -0.379 e. The third kappa shape index (κ3) is 5.87. The number of nitrogens with one attached hydrogen (secondary N) is 1. The van der Waals surface area contributed by atoms with E-state index in [0.717, 1.165) is 29.8 Å². The molecule has 198 valence electrons. The lowest BCUT2D eigenvalue weighted by Crippen LogP contribution is -2.40. The van der Waals surface area contributed by atoms with Crippen molar-refractivity contribution >= 4 is 22.6 Å². The summed E-state index contributed by atoms with van der Waals surface area (Å²) in [6, 6.07) is 16.1. The molecule has 1 fully saturated rings. The maximum Gasteiger partial charge on any atom is 0.265 e. The molecule has 2 aromatic heterocycles. The summed E-state index contributed by atoms with van der Waals surface area (Å²) in [5.41, 5.74) is 3.05. The van der Waals surface area contributed by atoms with E-state index in [1.165, 1.54) is 12.1 Å². The molecule has 1 aliphatic rings. The number of pyridine rings is 2. The van der Waals surface area contributed by atoms with Crippen molar-refractivity contribution in [2.24, 2.45) is 0 Å². The van der Waals surface area contributed by atoms with Gasteiger partial charge in [-0.1, -0.05) is 36.4 Å². The minimum atomic E-state index is -0.509. The Morgan fingerprint density at radius 2 is 1.79 bits per heavy atom. The summed E-state index contributed by atoms with van der Waals surface area (Å²) in [5.74, 6) is -0.868. The smallest absolute Gasteiger partial charge is 0.265 e. The highest BCUT2D eigenvalue weighted by atomic mass is 19.1. The molecule has 2 aromatic carbocycles. The van der Waals surface area contributed by atoms with Gasteiger partial charge in [-0.15, -0.1) is 0 Å². The number of hydrogen-bond acceptors (Lipinski definition) is 5. The summed E-state index contributed by atoms with van der Waals surface area (Å²) in [4.78, 5) is 37.3. The zero-order valence-corrected chi connectivity index (χ0v) is 21.6. The number of carbonyl (C=O) groups is 1. The molecule has 4 aromatic rings. The Hall–Kier alpha value is -4.39. The first-order valence-corrected chi connectivity index (χ1v) is 12.8. The summed E-state index contributed by atoms with van der Waals surface area (Å²) < 4.78 is 20.4. The number of rotatable bonds is 7. The van der Waals surface area contributed by atoms with Crippen molar-refractivity contribution in [1.82, 2.24) is 19.8 Å². The van der Waals surface area contributed by atoms with Gasteiger partial charge in [-0.05, 0) is 42.3 Å².